The highest BCUT2D eigenvalue weighted by atomic mass is 16.4. The molecule has 0 atom stereocenters. The second kappa shape index (κ2) is 1.33. The fourth-order valence-electron chi connectivity index (χ4n) is 0.303. The van der Waals surface area contributed by atoms with Crippen molar-refractivity contribution < 1.29 is 9.90 Å². The highest BCUT2D eigenvalue weighted by Crippen LogP contribution is 2.13. The number of rotatable bonds is 0. The molecule has 1 aliphatic carbocycles. The van der Waals surface area contributed by atoms with Crippen molar-refractivity contribution in [1.29, 1.82) is 0 Å². The number of carbonyl (C=O) groups is 1. The quantitative estimate of drug-likeness (QED) is 0.490. The molecular formula is C4H5NO2. The molecule has 1 aliphatic rings. The summed E-state index contributed by atoms with van der Waals surface area (Å²) in [4.78, 5) is 12.9. The molecule has 0 aliphatic heterocycles. The Labute approximate surface area is 40.7 Å². The van der Waals surface area contributed by atoms with Crippen LogP contribution in [0.3, 0.4) is 0 Å². The summed E-state index contributed by atoms with van der Waals surface area (Å²) in [7, 11) is 0. The molecule has 0 heterocycles. The zero-order valence-electron chi connectivity index (χ0n) is 3.72. The molecule has 0 spiro atoms. The molecule has 1 saturated carbocycles. The van der Waals surface area contributed by atoms with Crippen LogP contribution in [0.1, 0.15) is 12.8 Å². The van der Waals surface area contributed by atoms with E-state index >= 15 is 0 Å². The van der Waals surface area contributed by atoms with E-state index < -0.39 is 6.09 Å². The number of hydrogen-bond acceptors (Lipinski definition) is 1. The Morgan fingerprint density at radius 3 is 2.43 bits per heavy atom. The Bertz CT molecular complexity index is 122. The van der Waals surface area contributed by atoms with E-state index in [9.17, 15) is 4.79 Å². The standard InChI is InChI=1S/C4H5NO2/c6-4(7)5-3-1-2-3/h1-2H2,(H,6,7). The molecule has 7 heavy (non-hydrogen) atoms. The van der Waals surface area contributed by atoms with Crippen LogP contribution >= 0.6 is 0 Å². The molecular weight excluding hydrogens is 94.0 g/mol. The number of nitrogens with zero attached hydrogens (tertiary/aromatic N) is 1. The van der Waals surface area contributed by atoms with Gasteiger partial charge < -0.3 is 5.11 Å². The van der Waals surface area contributed by atoms with Gasteiger partial charge in [-0.3, -0.25) is 0 Å². The van der Waals surface area contributed by atoms with Crippen molar-refractivity contribution in [2.45, 2.75) is 12.8 Å². The van der Waals surface area contributed by atoms with Gasteiger partial charge in [-0.2, -0.15) is 4.99 Å². The second-order valence-electron chi connectivity index (χ2n) is 1.46. The van der Waals surface area contributed by atoms with E-state index in [4.69, 9.17) is 5.11 Å². The summed E-state index contributed by atoms with van der Waals surface area (Å²) in [5.74, 6) is 0. The first-order valence-electron chi connectivity index (χ1n) is 2.08. The van der Waals surface area contributed by atoms with Gasteiger partial charge >= 0.3 is 6.09 Å². The van der Waals surface area contributed by atoms with Crippen LogP contribution in [0.4, 0.5) is 4.79 Å². The maximum absolute atomic E-state index is 9.66. The van der Waals surface area contributed by atoms with Crippen LogP contribution in [-0.2, 0) is 0 Å². The molecule has 0 aromatic rings. The minimum Gasteiger partial charge on any atom is -0.463 e. The molecule has 1 fully saturated rings. The predicted molar refractivity (Wildman–Crippen MR) is 24.7 cm³/mol. The summed E-state index contributed by atoms with van der Waals surface area (Å²) in [5.41, 5.74) is 0.813. The van der Waals surface area contributed by atoms with Crippen LogP contribution in [0.15, 0.2) is 4.99 Å². The number of carboxylic acid groups (broad SMARTS) is 1. The molecule has 38 valence electrons. The topological polar surface area (TPSA) is 49.7 Å². The van der Waals surface area contributed by atoms with Crippen LogP contribution in [0, 0.1) is 0 Å². The van der Waals surface area contributed by atoms with Gasteiger partial charge in [0, 0.05) is 5.71 Å². The fraction of sp³-hybridized carbons (Fsp3) is 0.500. The normalized spacial score (nSPS) is 16.3. The SMILES string of the molecule is O=C(O)N=C1CC1. The Morgan fingerprint density at radius 2 is 2.29 bits per heavy atom. The van der Waals surface area contributed by atoms with Gasteiger partial charge in [0.05, 0.1) is 0 Å². The largest absolute Gasteiger partial charge is 0.463 e. The van der Waals surface area contributed by atoms with E-state index in [1.165, 1.54) is 0 Å². The first kappa shape index (κ1) is 4.30. The van der Waals surface area contributed by atoms with Crippen molar-refractivity contribution in [2.75, 3.05) is 0 Å². The number of hydrogen-bond donors (Lipinski definition) is 1. The molecule has 0 aromatic carbocycles. The fourth-order valence-corrected chi connectivity index (χ4v) is 0.303. The minimum atomic E-state index is -1.06. The summed E-state index contributed by atoms with van der Waals surface area (Å²) in [6.07, 6.45) is 0.700. The lowest BCUT2D eigenvalue weighted by Gasteiger charge is -1.70. The smallest absolute Gasteiger partial charge is 0.431 e. The summed E-state index contributed by atoms with van der Waals surface area (Å²) in [6, 6.07) is 0. The van der Waals surface area contributed by atoms with Gasteiger partial charge in [-0.1, -0.05) is 0 Å². The summed E-state index contributed by atoms with van der Waals surface area (Å²) in [6.45, 7) is 0. The van der Waals surface area contributed by atoms with E-state index in [0.29, 0.717) is 0 Å². The third-order valence-corrected chi connectivity index (χ3v) is 0.727. The van der Waals surface area contributed by atoms with Crippen molar-refractivity contribution >= 4 is 11.8 Å². The minimum absolute atomic E-state index is 0.813. The molecule has 1 rings (SSSR count). The lowest BCUT2D eigenvalue weighted by molar-refractivity contribution is 0.206. The highest BCUT2D eigenvalue weighted by Gasteiger charge is 2.13. The highest BCUT2D eigenvalue weighted by molar-refractivity contribution is 6.03. The maximum atomic E-state index is 9.66. The Morgan fingerprint density at radius 1 is 1.71 bits per heavy atom. The molecule has 3 heteroatoms. The summed E-state index contributed by atoms with van der Waals surface area (Å²) >= 11 is 0. The number of amides is 1. The monoisotopic (exact) mass is 99.0 g/mol. The van der Waals surface area contributed by atoms with E-state index in [2.05, 4.69) is 4.99 Å². The van der Waals surface area contributed by atoms with Crippen LogP contribution in [0.5, 0.6) is 0 Å². The van der Waals surface area contributed by atoms with Gasteiger partial charge in [-0.05, 0) is 12.8 Å². The second-order valence-corrected chi connectivity index (χ2v) is 1.46. The maximum Gasteiger partial charge on any atom is 0.431 e. The molecule has 3 nitrogen and oxygen atoms in total. The van der Waals surface area contributed by atoms with E-state index in [0.717, 1.165) is 18.6 Å². The van der Waals surface area contributed by atoms with Crippen molar-refractivity contribution in [3.8, 4) is 0 Å². The molecule has 0 bridgehead atoms. The molecule has 0 unspecified atom stereocenters. The zero-order valence-corrected chi connectivity index (χ0v) is 3.72. The summed E-state index contributed by atoms with van der Waals surface area (Å²) < 4.78 is 0. The lowest BCUT2D eigenvalue weighted by Crippen LogP contribution is -1.83. The van der Waals surface area contributed by atoms with Gasteiger partial charge in [0.15, 0.2) is 0 Å². The van der Waals surface area contributed by atoms with Crippen molar-refractivity contribution in [1.82, 2.24) is 0 Å². The van der Waals surface area contributed by atoms with Crippen molar-refractivity contribution in [2.24, 2.45) is 4.99 Å². The van der Waals surface area contributed by atoms with Crippen molar-refractivity contribution in [3.63, 3.8) is 0 Å². The molecule has 0 saturated heterocycles. The van der Waals surface area contributed by atoms with Gasteiger partial charge in [0.1, 0.15) is 0 Å². The first-order chi connectivity index (χ1) is 3.29. The van der Waals surface area contributed by atoms with Crippen LogP contribution in [0.25, 0.3) is 0 Å². The van der Waals surface area contributed by atoms with E-state index in [1.807, 2.05) is 0 Å². The average molecular weight is 99.1 g/mol. The Hall–Kier alpha value is -0.860. The van der Waals surface area contributed by atoms with Gasteiger partial charge in [-0.15, -0.1) is 0 Å². The first-order valence-corrected chi connectivity index (χ1v) is 2.08. The third-order valence-electron chi connectivity index (χ3n) is 0.727. The van der Waals surface area contributed by atoms with Gasteiger partial charge in [-0.25, -0.2) is 4.79 Å². The molecule has 1 N–H and O–H groups in total. The Balaban J connectivity index is 2.45. The summed E-state index contributed by atoms with van der Waals surface area (Å²) in [5, 5.41) is 7.94. The van der Waals surface area contributed by atoms with E-state index in [1.54, 1.807) is 0 Å². The Kier molecular flexibility index (Phi) is 0.817. The molecule has 1 amide bonds. The van der Waals surface area contributed by atoms with Crippen LogP contribution < -0.4 is 0 Å². The average Bonchev–Trinajstić information content (AvgIpc) is 2.17. The van der Waals surface area contributed by atoms with Crippen molar-refractivity contribution in [3.05, 3.63) is 0 Å². The number of aliphatic imine (C=N–C) groups is 1. The molecule has 0 aromatic heterocycles. The molecule has 0 radical (unpaired) electrons. The lowest BCUT2D eigenvalue weighted by atomic mass is 10.8. The predicted octanol–water partition coefficient (Wildman–Crippen LogP) is 0.899. The van der Waals surface area contributed by atoms with Crippen LogP contribution in [0.2, 0.25) is 0 Å². The van der Waals surface area contributed by atoms with Gasteiger partial charge in [0.25, 0.3) is 0 Å². The third kappa shape index (κ3) is 1.34. The van der Waals surface area contributed by atoms with E-state index in [-0.39, 0.29) is 0 Å². The van der Waals surface area contributed by atoms with Gasteiger partial charge in [0.2, 0.25) is 0 Å². The zero-order chi connectivity index (χ0) is 5.28. The van der Waals surface area contributed by atoms with Crippen LogP contribution in [-0.4, -0.2) is 16.9 Å².